The molecule has 1 N–H and O–H groups in total. The average Bonchev–Trinajstić information content (AvgIpc) is 2.53. The van der Waals surface area contributed by atoms with Crippen molar-refractivity contribution < 1.29 is 13.9 Å². The van der Waals surface area contributed by atoms with E-state index in [4.69, 9.17) is 9.47 Å². The normalized spacial score (nSPS) is 11.0. The first-order valence-corrected chi connectivity index (χ1v) is 7.26. The highest BCUT2D eigenvalue weighted by molar-refractivity contribution is 5.87. The van der Waals surface area contributed by atoms with E-state index in [2.05, 4.69) is 17.4 Å². The molecule has 2 aromatic carbocycles. The van der Waals surface area contributed by atoms with Crippen LogP contribution in [0.15, 0.2) is 36.4 Å². The van der Waals surface area contributed by atoms with Gasteiger partial charge < -0.3 is 14.8 Å². The molecule has 0 spiro atoms. The number of halogens is 1. The van der Waals surface area contributed by atoms with Crippen molar-refractivity contribution in [2.75, 3.05) is 33.5 Å². The van der Waals surface area contributed by atoms with Crippen molar-refractivity contribution in [1.29, 1.82) is 0 Å². The Morgan fingerprint density at radius 3 is 2.76 bits per heavy atom. The predicted molar refractivity (Wildman–Crippen MR) is 83.6 cm³/mol. The monoisotopic (exact) mass is 291 g/mol. The number of benzene rings is 2. The number of hydrogen-bond acceptors (Lipinski definition) is 3. The zero-order valence-electron chi connectivity index (χ0n) is 12.4. The first kappa shape index (κ1) is 15.7. The summed E-state index contributed by atoms with van der Waals surface area (Å²) in [6.45, 7) is 2.21. The third-order valence-electron chi connectivity index (χ3n) is 3.32. The summed E-state index contributed by atoms with van der Waals surface area (Å²) in [4.78, 5) is 0. The number of nitrogens with one attached hydrogen (secondary N) is 1. The van der Waals surface area contributed by atoms with Gasteiger partial charge in [0.15, 0.2) is 0 Å². The lowest BCUT2D eigenvalue weighted by molar-refractivity contribution is 0.199. The van der Waals surface area contributed by atoms with E-state index in [1.54, 1.807) is 7.11 Å². The van der Waals surface area contributed by atoms with Crippen LogP contribution >= 0.6 is 0 Å². The second-order valence-electron chi connectivity index (χ2n) is 4.82. The lowest BCUT2D eigenvalue weighted by atomic mass is 10.0. The second-order valence-corrected chi connectivity index (χ2v) is 4.82. The summed E-state index contributed by atoms with van der Waals surface area (Å²) >= 11 is 0. The Kier molecular flexibility index (Phi) is 6.44. The summed E-state index contributed by atoms with van der Waals surface area (Å²) in [5.41, 5.74) is 1.11. The van der Waals surface area contributed by atoms with Gasteiger partial charge in [-0.05, 0) is 16.8 Å². The molecule has 0 bridgehead atoms. The molecule has 21 heavy (non-hydrogen) atoms. The Morgan fingerprint density at radius 1 is 1.10 bits per heavy atom. The average molecular weight is 291 g/mol. The van der Waals surface area contributed by atoms with Crippen LogP contribution in [0, 0.1) is 0 Å². The van der Waals surface area contributed by atoms with Crippen molar-refractivity contribution in [2.45, 2.75) is 13.0 Å². The molecule has 0 saturated carbocycles. The van der Waals surface area contributed by atoms with Gasteiger partial charge in [0.2, 0.25) is 0 Å². The Hall–Kier alpha value is -1.65. The zero-order valence-corrected chi connectivity index (χ0v) is 12.4. The Morgan fingerprint density at radius 2 is 1.95 bits per heavy atom. The SMILES string of the molecule is COCCNCc1c(OCCCF)ccc2ccccc12. The summed E-state index contributed by atoms with van der Waals surface area (Å²) in [6, 6.07) is 12.2. The minimum atomic E-state index is -0.352. The van der Waals surface area contributed by atoms with Crippen LogP contribution in [-0.4, -0.2) is 33.5 Å². The summed E-state index contributed by atoms with van der Waals surface area (Å²) in [6.07, 6.45) is 0.420. The van der Waals surface area contributed by atoms with E-state index in [0.717, 1.165) is 17.9 Å². The van der Waals surface area contributed by atoms with Crippen LogP contribution in [0.25, 0.3) is 10.8 Å². The van der Waals surface area contributed by atoms with E-state index in [9.17, 15) is 4.39 Å². The number of methoxy groups -OCH3 is 1. The van der Waals surface area contributed by atoms with E-state index in [0.29, 0.717) is 26.2 Å². The van der Waals surface area contributed by atoms with Crippen molar-refractivity contribution >= 4 is 10.8 Å². The van der Waals surface area contributed by atoms with Gasteiger partial charge in [-0.2, -0.15) is 0 Å². The van der Waals surface area contributed by atoms with Crippen molar-refractivity contribution in [3.63, 3.8) is 0 Å². The first-order chi connectivity index (χ1) is 10.4. The van der Waals surface area contributed by atoms with E-state index < -0.39 is 0 Å². The Bertz CT molecular complexity index is 559. The van der Waals surface area contributed by atoms with Crippen LogP contribution in [0.5, 0.6) is 5.75 Å². The summed E-state index contributed by atoms with van der Waals surface area (Å²) in [7, 11) is 1.69. The van der Waals surface area contributed by atoms with Crippen LogP contribution in [0.1, 0.15) is 12.0 Å². The van der Waals surface area contributed by atoms with Crippen LogP contribution in [0.2, 0.25) is 0 Å². The molecule has 3 nitrogen and oxygen atoms in total. The van der Waals surface area contributed by atoms with Crippen LogP contribution in [0.4, 0.5) is 4.39 Å². The minimum absolute atomic E-state index is 0.352. The lowest BCUT2D eigenvalue weighted by Gasteiger charge is -2.14. The molecule has 114 valence electrons. The van der Waals surface area contributed by atoms with Gasteiger partial charge in [0.05, 0.1) is 19.9 Å². The molecule has 0 amide bonds. The number of rotatable bonds is 9. The molecule has 2 rings (SSSR count). The largest absolute Gasteiger partial charge is 0.493 e. The van der Waals surface area contributed by atoms with Gasteiger partial charge in [-0.25, -0.2) is 0 Å². The second kappa shape index (κ2) is 8.60. The van der Waals surface area contributed by atoms with Crippen LogP contribution < -0.4 is 10.1 Å². The predicted octanol–water partition coefficient (Wildman–Crippen LogP) is 3.31. The summed E-state index contributed by atoms with van der Waals surface area (Å²) < 4.78 is 23.0. The van der Waals surface area contributed by atoms with Gasteiger partial charge in [0, 0.05) is 32.2 Å². The van der Waals surface area contributed by atoms with Crippen LogP contribution in [0.3, 0.4) is 0 Å². The van der Waals surface area contributed by atoms with Crippen LogP contribution in [-0.2, 0) is 11.3 Å². The molecule has 0 atom stereocenters. The van der Waals surface area contributed by atoms with E-state index in [1.807, 2.05) is 24.3 Å². The molecular weight excluding hydrogens is 269 g/mol. The molecule has 4 heteroatoms. The molecule has 0 aromatic heterocycles. The van der Waals surface area contributed by atoms with Gasteiger partial charge in [0.25, 0.3) is 0 Å². The molecule has 0 aliphatic rings. The van der Waals surface area contributed by atoms with E-state index in [1.165, 1.54) is 10.8 Å². The van der Waals surface area contributed by atoms with Crippen molar-refractivity contribution in [3.05, 3.63) is 42.0 Å². The maximum Gasteiger partial charge on any atom is 0.124 e. The molecule has 2 aromatic rings. The fourth-order valence-corrected chi connectivity index (χ4v) is 2.26. The molecule has 0 heterocycles. The topological polar surface area (TPSA) is 30.5 Å². The molecule has 0 aliphatic carbocycles. The molecule has 0 saturated heterocycles. The highest BCUT2D eigenvalue weighted by Crippen LogP contribution is 2.28. The smallest absolute Gasteiger partial charge is 0.124 e. The quantitative estimate of drug-likeness (QED) is 0.719. The summed E-state index contributed by atoms with van der Waals surface area (Å²) in [5.74, 6) is 0.826. The number of hydrogen-bond donors (Lipinski definition) is 1. The lowest BCUT2D eigenvalue weighted by Crippen LogP contribution is -2.19. The molecule has 0 unspecified atom stereocenters. The highest BCUT2D eigenvalue weighted by atomic mass is 19.1. The van der Waals surface area contributed by atoms with Crippen molar-refractivity contribution in [1.82, 2.24) is 5.32 Å². The molecular formula is C17H22FNO2. The minimum Gasteiger partial charge on any atom is -0.493 e. The van der Waals surface area contributed by atoms with Gasteiger partial charge in [0.1, 0.15) is 5.75 Å². The van der Waals surface area contributed by atoms with Gasteiger partial charge in [-0.15, -0.1) is 0 Å². The fraction of sp³-hybridized carbons (Fsp3) is 0.412. The van der Waals surface area contributed by atoms with Gasteiger partial charge >= 0.3 is 0 Å². The molecule has 0 fully saturated rings. The third-order valence-corrected chi connectivity index (χ3v) is 3.32. The standard InChI is InChI=1S/C17H22FNO2/c1-20-12-10-19-13-16-15-6-3-2-5-14(15)7-8-17(16)21-11-4-9-18/h2-3,5-8,19H,4,9-13H2,1H3. The van der Waals surface area contributed by atoms with Gasteiger partial charge in [-0.3, -0.25) is 4.39 Å². The maximum absolute atomic E-state index is 12.2. The third kappa shape index (κ3) is 4.41. The van der Waals surface area contributed by atoms with E-state index in [-0.39, 0.29) is 6.67 Å². The maximum atomic E-state index is 12.2. The Balaban J connectivity index is 2.19. The number of ether oxygens (including phenoxy) is 2. The highest BCUT2D eigenvalue weighted by Gasteiger charge is 2.08. The zero-order chi connectivity index (χ0) is 14.9. The van der Waals surface area contributed by atoms with Gasteiger partial charge in [-0.1, -0.05) is 30.3 Å². The molecule has 0 radical (unpaired) electrons. The number of alkyl halides is 1. The first-order valence-electron chi connectivity index (χ1n) is 7.26. The van der Waals surface area contributed by atoms with Crippen molar-refractivity contribution in [3.8, 4) is 5.75 Å². The molecule has 0 aliphatic heterocycles. The van der Waals surface area contributed by atoms with E-state index >= 15 is 0 Å². The van der Waals surface area contributed by atoms with Crippen molar-refractivity contribution in [2.24, 2.45) is 0 Å². The fourth-order valence-electron chi connectivity index (χ4n) is 2.26. The number of fused-ring (bicyclic) bond motifs is 1. The summed E-state index contributed by atoms with van der Waals surface area (Å²) in [5, 5.41) is 5.69. The Labute approximate surface area is 125 Å².